The summed E-state index contributed by atoms with van der Waals surface area (Å²) >= 11 is 0. The van der Waals surface area contributed by atoms with Gasteiger partial charge < -0.3 is 9.52 Å². The van der Waals surface area contributed by atoms with E-state index in [0.717, 1.165) is 19.5 Å². The summed E-state index contributed by atoms with van der Waals surface area (Å²) in [6.45, 7) is 2.03. The minimum Gasteiger partial charge on any atom is -0.467 e. The molecular weight excluding hydrogens is 264 g/mol. The van der Waals surface area contributed by atoms with Gasteiger partial charge in [0.25, 0.3) is 0 Å². The van der Waals surface area contributed by atoms with Crippen LogP contribution in [0.3, 0.4) is 0 Å². The first kappa shape index (κ1) is 15.3. The van der Waals surface area contributed by atoms with Gasteiger partial charge in [-0.25, -0.2) is 0 Å². The number of unbranched alkanes of at least 4 members (excludes halogenated alkanes) is 1. The van der Waals surface area contributed by atoms with Crippen LogP contribution in [0.4, 0.5) is 0 Å². The van der Waals surface area contributed by atoms with Crippen molar-refractivity contribution < 1.29 is 9.52 Å². The monoisotopic (exact) mass is 284 g/mol. The molecule has 0 aliphatic heterocycles. The van der Waals surface area contributed by atoms with Crippen LogP contribution in [0.15, 0.2) is 53.1 Å². The molecular formula is C17H20N2O2. The molecule has 0 amide bonds. The van der Waals surface area contributed by atoms with Gasteiger partial charge in [-0.3, -0.25) is 4.90 Å². The van der Waals surface area contributed by atoms with Gasteiger partial charge in [-0.1, -0.05) is 30.3 Å². The maximum Gasteiger partial charge on any atom is 0.133 e. The van der Waals surface area contributed by atoms with Crippen molar-refractivity contribution in [2.75, 3.05) is 13.1 Å². The zero-order valence-electron chi connectivity index (χ0n) is 12.0. The van der Waals surface area contributed by atoms with Crippen molar-refractivity contribution in [2.24, 2.45) is 0 Å². The highest BCUT2D eigenvalue weighted by molar-refractivity contribution is 5.14. The number of furan rings is 1. The van der Waals surface area contributed by atoms with Gasteiger partial charge in [0.05, 0.1) is 12.3 Å². The molecule has 1 N–H and O–H groups in total. The van der Waals surface area contributed by atoms with Gasteiger partial charge in [-0.05, 0) is 30.7 Å². The number of aliphatic hydroxyl groups is 1. The van der Waals surface area contributed by atoms with E-state index in [2.05, 4.69) is 23.1 Å². The molecule has 0 radical (unpaired) electrons. The Morgan fingerprint density at radius 1 is 1.19 bits per heavy atom. The van der Waals surface area contributed by atoms with Gasteiger partial charge in [-0.2, -0.15) is 5.26 Å². The fraction of sp³-hybridized carbons (Fsp3) is 0.353. The minimum atomic E-state index is -0.647. The average Bonchev–Trinajstić information content (AvgIpc) is 3.03. The van der Waals surface area contributed by atoms with Crippen LogP contribution in [0.1, 0.15) is 30.3 Å². The highest BCUT2D eigenvalue weighted by atomic mass is 16.4. The standard InChI is InChI=1S/C17H20N2O2/c18-10-4-5-11-19(13-15-7-2-1-3-8-15)14-16(20)17-9-6-12-21-17/h1-3,6-9,12,16,20H,4-5,11,13-14H2. The zero-order chi connectivity index (χ0) is 14.9. The van der Waals surface area contributed by atoms with E-state index in [0.29, 0.717) is 18.7 Å². The summed E-state index contributed by atoms with van der Waals surface area (Å²) in [5.74, 6) is 0.577. The molecule has 1 heterocycles. The third kappa shape index (κ3) is 5.07. The van der Waals surface area contributed by atoms with Crippen LogP contribution in [-0.4, -0.2) is 23.1 Å². The van der Waals surface area contributed by atoms with Gasteiger partial charge in [0.15, 0.2) is 0 Å². The maximum atomic E-state index is 10.2. The lowest BCUT2D eigenvalue weighted by atomic mass is 10.1. The fourth-order valence-electron chi connectivity index (χ4n) is 2.27. The molecule has 1 aromatic heterocycles. The van der Waals surface area contributed by atoms with Crippen LogP contribution < -0.4 is 0 Å². The van der Waals surface area contributed by atoms with Crippen LogP contribution in [0, 0.1) is 11.3 Å². The predicted molar refractivity (Wildman–Crippen MR) is 80.2 cm³/mol. The summed E-state index contributed by atoms with van der Waals surface area (Å²) < 4.78 is 5.24. The fourth-order valence-corrected chi connectivity index (χ4v) is 2.27. The van der Waals surface area contributed by atoms with E-state index in [-0.39, 0.29) is 0 Å². The van der Waals surface area contributed by atoms with E-state index in [1.165, 1.54) is 5.56 Å². The normalized spacial score (nSPS) is 12.2. The molecule has 0 saturated carbocycles. The van der Waals surface area contributed by atoms with E-state index in [1.807, 2.05) is 18.2 Å². The molecule has 1 aromatic carbocycles. The summed E-state index contributed by atoms with van der Waals surface area (Å²) in [6, 6.07) is 15.8. The zero-order valence-corrected chi connectivity index (χ0v) is 12.0. The largest absolute Gasteiger partial charge is 0.467 e. The van der Waals surface area contributed by atoms with Crippen LogP contribution in [0.5, 0.6) is 0 Å². The molecule has 0 aliphatic rings. The van der Waals surface area contributed by atoms with E-state index in [9.17, 15) is 5.11 Å². The molecule has 0 spiro atoms. The number of hydrogen-bond donors (Lipinski definition) is 1. The van der Waals surface area contributed by atoms with Crippen LogP contribution in [0.25, 0.3) is 0 Å². The maximum absolute atomic E-state index is 10.2. The molecule has 2 rings (SSSR count). The Morgan fingerprint density at radius 3 is 2.67 bits per heavy atom. The van der Waals surface area contributed by atoms with E-state index in [1.54, 1.807) is 18.4 Å². The Bertz CT molecular complexity index is 546. The van der Waals surface area contributed by atoms with Crippen LogP contribution in [-0.2, 0) is 6.54 Å². The Balaban J connectivity index is 1.96. The smallest absolute Gasteiger partial charge is 0.133 e. The first-order valence-electron chi connectivity index (χ1n) is 7.14. The third-order valence-electron chi connectivity index (χ3n) is 3.31. The number of hydrogen-bond acceptors (Lipinski definition) is 4. The molecule has 1 unspecified atom stereocenters. The molecule has 0 fully saturated rings. The van der Waals surface area contributed by atoms with Crippen molar-refractivity contribution in [3.8, 4) is 6.07 Å². The van der Waals surface area contributed by atoms with Crippen molar-refractivity contribution in [1.29, 1.82) is 5.26 Å². The van der Waals surface area contributed by atoms with Gasteiger partial charge in [0.2, 0.25) is 0 Å². The summed E-state index contributed by atoms with van der Waals surface area (Å²) in [5.41, 5.74) is 1.20. The van der Waals surface area contributed by atoms with E-state index in [4.69, 9.17) is 9.68 Å². The van der Waals surface area contributed by atoms with Crippen molar-refractivity contribution >= 4 is 0 Å². The number of benzene rings is 1. The number of aliphatic hydroxyl groups excluding tert-OH is 1. The lowest BCUT2D eigenvalue weighted by Crippen LogP contribution is -2.29. The summed E-state index contributed by atoms with van der Waals surface area (Å²) in [6.07, 6.45) is 2.25. The Hall–Kier alpha value is -2.09. The Morgan fingerprint density at radius 2 is 2.00 bits per heavy atom. The van der Waals surface area contributed by atoms with Gasteiger partial charge in [0.1, 0.15) is 11.9 Å². The third-order valence-corrected chi connectivity index (χ3v) is 3.31. The second-order valence-corrected chi connectivity index (χ2v) is 5.01. The number of rotatable bonds is 8. The first-order valence-corrected chi connectivity index (χ1v) is 7.14. The van der Waals surface area contributed by atoms with E-state index >= 15 is 0 Å². The Kier molecular flexibility index (Phi) is 6.01. The molecule has 4 nitrogen and oxygen atoms in total. The average molecular weight is 284 g/mol. The van der Waals surface area contributed by atoms with Gasteiger partial charge in [0, 0.05) is 19.5 Å². The van der Waals surface area contributed by atoms with Crippen molar-refractivity contribution in [1.82, 2.24) is 4.90 Å². The summed E-state index contributed by atoms with van der Waals surface area (Å²) in [5, 5.41) is 18.9. The second-order valence-electron chi connectivity index (χ2n) is 5.01. The summed E-state index contributed by atoms with van der Waals surface area (Å²) in [4.78, 5) is 2.15. The molecule has 2 aromatic rings. The molecule has 4 heteroatoms. The predicted octanol–water partition coefficient (Wildman–Crippen LogP) is 3.12. The number of nitrogens with zero attached hydrogens (tertiary/aromatic N) is 2. The SMILES string of the molecule is N#CCCCN(Cc1ccccc1)CC(O)c1ccco1. The molecule has 21 heavy (non-hydrogen) atoms. The topological polar surface area (TPSA) is 60.4 Å². The first-order chi connectivity index (χ1) is 10.3. The molecule has 0 saturated heterocycles. The number of nitriles is 1. The molecule has 0 bridgehead atoms. The quantitative estimate of drug-likeness (QED) is 0.757. The van der Waals surface area contributed by atoms with Gasteiger partial charge >= 0.3 is 0 Å². The minimum absolute atomic E-state index is 0.494. The highest BCUT2D eigenvalue weighted by Gasteiger charge is 2.15. The molecule has 0 aliphatic carbocycles. The second kappa shape index (κ2) is 8.25. The lowest BCUT2D eigenvalue weighted by molar-refractivity contribution is 0.0904. The van der Waals surface area contributed by atoms with Crippen LogP contribution in [0.2, 0.25) is 0 Å². The summed E-state index contributed by atoms with van der Waals surface area (Å²) in [7, 11) is 0. The van der Waals surface area contributed by atoms with Crippen LogP contribution >= 0.6 is 0 Å². The van der Waals surface area contributed by atoms with Gasteiger partial charge in [-0.15, -0.1) is 0 Å². The molecule has 110 valence electrons. The Labute approximate surface area is 125 Å². The van der Waals surface area contributed by atoms with Crippen molar-refractivity contribution in [3.63, 3.8) is 0 Å². The van der Waals surface area contributed by atoms with E-state index < -0.39 is 6.10 Å². The van der Waals surface area contributed by atoms with Crippen molar-refractivity contribution in [2.45, 2.75) is 25.5 Å². The molecule has 1 atom stereocenters. The highest BCUT2D eigenvalue weighted by Crippen LogP contribution is 2.16. The lowest BCUT2D eigenvalue weighted by Gasteiger charge is -2.24. The van der Waals surface area contributed by atoms with Crippen molar-refractivity contribution in [3.05, 3.63) is 60.1 Å².